The first-order valence-electron chi connectivity index (χ1n) is 6.80. The Morgan fingerprint density at radius 1 is 1.28 bits per heavy atom. The molecule has 4 heteroatoms. The van der Waals surface area contributed by atoms with E-state index in [1.54, 1.807) is 0 Å². The van der Waals surface area contributed by atoms with E-state index in [0.717, 1.165) is 17.5 Å². The Labute approximate surface area is 107 Å². The minimum absolute atomic E-state index is 0.541. The summed E-state index contributed by atoms with van der Waals surface area (Å²) in [7, 11) is 0. The molecule has 0 spiro atoms. The van der Waals surface area contributed by atoms with Gasteiger partial charge in [-0.1, -0.05) is 6.92 Å². The molecule has 18 heavy (non-hydrogen) atoms. The van der Waals surface area contributed by atoms with Crippen LogP contribution in [0.3, 0.4) is 0 Å². The van der Waals surface area contributed by atoms with Gasteiger partial charge < -0.3 is 5.32 Å². The molecule has 1 aliphatic rings. The van der Waals surface area contributed by atoms with Crippen molar-refractivity contribution in [2.75, 3.05) is 5.32 Å². The van der Waals surface area contributed by atoms with Gasteiger partial charge in [0.2, 0.25) is 5.95 Å². The Morgan fingerprint density at radius 2 is 2.06 bits per heavy atom. The summed E-state index contributed by atoms with van der Waals surface area (Å²) in [5, 5.41) is 7.93. The van der Waals surface area contributed by atoms with Gasteiger partial charge in [0.15, 0.2) is 5.65 Å². The molecule has 1 aliphatic carbocycles. The highest BCUT2D eigenvalue weighted by molar-refractivity contribution is 5.45. The van der Waals surface area contributed by atoms with Gasteiger partial charge in [-0.3, -0.25) is 0 Å². The van der Waals surface area contributed by atoms with Crippen LogP contribution in [-0.2, 0) is 0 Å². The molecule has 1 saturated carbocycles. The molecule has 2 aromatic rings. The minimum atomic E-state index is 0.541. The molecule has 4 nitrogen and oxygen atoms in total. The molecule has 96 valence electrons. The fourth-order valence-corrected chi connectivity index (χ4v) is 2.63. The summed E-state index contributed by atoms with van der Waals surface area (Å²) in [5.41, 5.74) is 2.13. The third kappa shape index (κ3) is 2.33. The topological polar surface area (TPSA) is 42.2 Å². The molecule has 3 rings (SSSR count). The first-order valence-corrected chi connectivity index (χ1v) is 6.80. The largest absolute Gasteiger partial charge is 0.350 e. The number of anilines is 1. The van der Waals surface area contributed by atoms with E-state index < -0.39 is 0 Å². The van der Waals surface area contributed by atoms with Crippen molar-refractivity contribution in [2.24, 2.45) is 5.92 Å². The lowest BCUT2D eigenvalue weighted by molar-refractivity contribution is 0.360. The highest BCUT2D eigenvalue weighted by Gasteiger charge is 2.19. The molecule has 2 heterocycles. The van der Waals surface area contributed by atoms with Crippen molar-refractivity contribution in [1.82, 2.24) is 14.6 Å². The molecule has 0 radical (unpaired) electrons. The van der Waals surface area contributed by atoms with Crippen molar-refractivity contribution in [2.45, 2.75) is 45.6 Å². The normalized spacial score (nSPS) is 24.3. The summed E-state index contributed by atoms with van der Waals surface area (Å²) in [6, 6.07) is 4.65. The maximum absolute atomic E-state index is 4.53. The molecule has 0 bridgehead atoms. The van der Waals surface area contributed by atoms with E-state index >= 15 is 0 Å². The highest BCUT2D eigenvalue weighted by atomic mass is 15.3. The zero-order chi connectivity index (χ0) is 12.5. The maximum Gasteiger partial charge on any atom is 0.243 e. The van der Waals surface area contributed by atoms with Crippen molar-refractivity contribution in [3.63, 3.8) is 0 Å². The summed E-state index contributed by atoms with van der Waals surface area (Å²) in [6.45, 7) is 4.41. The minimum Gasteiger partial charge on any atom is -0.350 e. The van der Waals surface area contributed by atoms with Gasteiger partial charge in [-0.15, -0.1) is 5.10 Å². The van der Waals surface area contributed by atoms with E-state index in [2.05, 4.69) is 35.3 Å². The fraction of sp³-hybridized carbons (Fsp3) is 0.571. The summed E-state index contributed by atoms with van der Waals surface area (Å²) in [4.78, 5) is 4.53. The fourth-order valence-electron chi connectivity index (χ4n) is 2.63. The Bertz CT molecular complexity index is 538. The predicted octanol–water partition coefficient (Wildman–Crippen LogP) is 3.03. The van der Waals surface area contributed by atoms with Crippen LogP contribution in [0.2, 0.25) is 0 Å². The molecule has 0 aromatic carbocycles. The lowest BCUT2D eigenvalue weighted by Crippen LogP contribution is -2.25. The SMILES string of the molecule is Cc1ccn2nc(NC3CCC(C)CC3)nc2c1. The third-order valence-electron chi connectivity index (χ3n) is 3.84. The molecule has 0 atom stereocenters. The smallest absolute Gasteiger partial charge is 0.243 e. The van der Waals surface area contributed by atoms with Gasteiger partial charge in [-0.25, -0.2) is 4.52 Å². The van der Waals surface area contributed by atoms with E-state index in [9.17, 15) is 0 Å². The molecule has 2 aromatic heterocycles. The van der Waals surface area contributed by atoms with Gasteiger partial charge in [0.1, 0.15) is 0 Å². The van der Waals surface area contributed by atoms with Crippen molar-refractivity contribution < 1.29 is 0 Å². The first-order chi connectivity index (χ1) is 8.70. The molecular weight excluding hydrogens is 224 g/mol. The number of nitrogens with one attached hydrogen (secondary N) is 1. The molecule has 0 unspecified atom stereocenters. The van der Waals surface area contributed by atoms with Gasteiger partial charge in [0.05, 0.1) is 0 Å². The Morgan fingerprint density at radius 3 is 2.83 bits per heavy atom. The van der Waals surface area contributed by atoms with Crippen molar-refractivity contribution >= 4 is 11.6 Å². The van der Waals surface area contributed by atoms with Crippen molar-refractivity contribution in [3.05, 3.63) is 23.9 Å². The van der Waals surface area contributed by atoms with E-state index in [1.165, 1.54) is 31.2 Å². The standard InChI is InChI=1S/C14H20N4/c1-10-3-5-12(6-4-10)15-14-16-13-9-11(2)7-8-18(13)17-14/h7-10,12H,3-6H2,1-2H3,(H,15,17). The van der Waals surface area contributed by atoms with E-state index in [4.69, 9.17) is 0 Å². The lowest BCUT2D eigenvalue weighted by Gasteiger charge is -2.26. The number of aromatic nitrogens is 3. The van der Waals surface area contributed by atoms with Gasteiger partial charge in [0, 0.05) is 12.2 Å². The molecule has 0 saturated heterocycles. The molecule has 0 amide bonds. The number of pyridine rings is 1. The van der Waals surface area contributed by atoms with Crippen LogP contribution < -0.4 is 5.32 Å². The quantitative estimate of drug-likeness (QED) is 0.883. The average molecular weight is 244 g/mol. The van der Waals surface area contributed by atoms with Gasteiger partial charge in [0.25, 0.3) is 0 Å². The Kier molecular flexibility index (Phi) is 2.94. The number of aryl methyl sites for hydroxylation is 1. The Balaban J connectivity index is 1.74. The molecule has 1 fully saturated rings. The van der Waals surface area contributed by atoms with Gasteiger partial charge in [-0.05, 0) is 56.2 Å². The van der Waals surface area contributed by atoms with Crippen LogP contribution in [0.25, 0.3) is 5.65 Å². The second-order valence-corrected chi connectivity index (χ2v) is 5.54. The molecular formula is C14H20N4. The number of rotatable bonds is 2. The maximum atomic E-state index is 4.53. The number of nitrogens with zero attached hydrogens (tertiary/aromatic N) is 3. The Hall–Kier alpha value is -1.58. The molecule has 0 aliphatic heterocycles. The lowest BCUT2D eigenvalue weighted by atomic mass is 9.87. The number of hydrogen-bond donors (Lipinski definition) is 1. The van der Waals surface area contributed by atoms with E-state index in [-0.39, 0.29) is 0 Å². The van der Waals surface area contributed by atoms with E-state index in [0.29, 0.717) is 6.04 Å². The summed E-state index contributed by atoms with van der Waals surface area (Å²) < 4.78 is 1.83. The highest BCUT2D eigenvalue weighted by Crippen LogP contribution is 2.25. The zero-order valence-electron chi connectivity index (χ0n) is 11.1. The molecule has 1 N–H and O–H groups in total. The van der Waals surface area contributed by atoms with Crippen LogP contribution in [0.5, 0.6) is 0 Å². The van der Waals surface area contributed by atoms with Gasteiger partial charge in [-0.2, -0.15) is 4.98 Å². The van der Waals surface area contributed by atoms with Crippen molar-refractivity contribution in [3.8, 4) is 0 Å². The second kappa shape index (κ2) is 4.59. The monoisotopic (exact) mass is 244 g/mol. The van der Waals surface area contributed by atoms with Crippen LogP contribution >= 0.6 is 0 Å². The number of hydrogen-bond acceptors (Lipinski definition) is 3. The predicted molar refractivity (Wildman–Crippen MR) is 72.8 cm³/mol. The van der Waals surface area contributed by atoms with Crippen molar-refractivity contribution in [1.29, 1.82) is 0 Å². The summed E-state index contributed by atoms with van der Waals surface area (Å²) in [5.74, 6) is 1.64. The second-order valence-electron chi connectivity index (χ2n) is 5.54. The van der Waals surface area contributed by atoms with E-state index in [1.807, 2.05) is 16.8 Å². The third-order valence-corrected chi connectivity index (χ3v) is 3.84. The number of fused-ring (bicyclic) bond motifs is 1. The first kappa shape index (κ1) is 11.5. The van der Waals surface area contributed by atoms with Crippen LogP contribution in [0.1, 0.15) is 38.2 Å². The van der Waals surface area contributed by atoms with Crippen LogP contribution in [-0.4, -0.2) is 20.6 Å². The zero-order valence-corrected chi connectivity index (χ0v) is 11.1. The van der Waals surface area contributed by atoms with Gasteiger partial charge >= 0.3 is 0 Å². The van der Waals surface area contributed by atoms with Crippen LogP contribution in [0.15, 0.2) is 18.3 Å². The van der Waals surface area contributed by atoms with Crippen LogP contribution in [0.4, 0.5) is 5.95 Å². The summed E-state index contributed by atoms with van der Waals surface area (Å²) >= 11 is 0. The average Bonchev–Trinajstić information content (AvgIpc) is 2.73. The summed E-state index contributed by atoms with van der Waals surface area (Å²) in [6.07, 6.45) is 7.05. The van der Waals surface area contributed by atoms with Crippen LogP contribution in [0, 0.1) is 12.8 Å².